The molecule has 0 radical (unpaired) electrons. The minimum absolute atomic E-state index is 0.354. The molecule has 0 amide bonds. The summed E-state index contributed by atoms with van der Waals surface area (Å²) in [4.78, 5) is 11.5. The molecular weight excluding hydrogens is 224 g/mol. The second-order valence-corrected chi connectivity index (χ2v) is 4.06. The SMILES string of the molecule is COc1cc(C)ccc1-c1snnc1C=O. The molecule has 0 atom stereocenters. The van der Waals surface area contributed by atoms with Gasteiger partial charge in [-0.15, -0.1) is 5.10 Å². The van der Waals surface area contributed by atoms with E-state index in [0.29, 0.717) is 12.0 Å². The van der Waals surface area contributed by atoms with Crippen LogP contribution in [0.25, 0.3) is 10.4 Å². The van der Waals surface area contributed by atoms with E-state index in [9.17, 15) is 4.79 Å². The standard InChI is InChI=1S/C11H10N2O2S/c1-7-3-4-8(10(5-7)15-2)11-9(6-14)12-13-16-11/h3-6H,1-2H3. The van der Waals surface area contributed by atoms with Gasteiger partial charge in [-0.05, 0) is 36.2 Å². The van der Waals surface area contributed by atoms with Crippen LogP contribution in [0.15, 0.2) is 18.2 Å². The first kappa shape index (κ1) is 10.8. The monoisotopic (exact) mass is 234 g/mol. The van der Waals surface area contributed by atoms with Gasteiger partial charge in [0.15, 0.2) is 6.29 Å². The van der Waals surface area contributed by atoms with Crippen molar-refractivity contribution in [3.8, 4) is 16.2 Å². The lowest BCUT2D eigenvalue weighted by molar-refractivity contribution is 0.111. The normalized spacial score (nSPS) is 10.1. The summed E-state index contributed by atoms with van der Waals surface area (Å²) in [6.45, 7) is 1.98. The van der Waals surface area contributed by atoms with Crippen molar-refractivity contribution >= 4 is 17.8 Å². The number of rotatable bonds is 3. The van der Waals surface area contributed by atoms with Crippen LogP contribution in [0.1, 0.15) is 16.1 Å². The van der Waals surface area contributed by atoms with Crippen molar-refractivity contribution in [2.24, 2.45) is 0 Å². The molecule has 1 heterocycles. The molecule has 0 saturated carbocycles. The molecule has 16 heavy (non-hydrogen) atoms. The molecule has 2 aromatic rings. The lowest BCUT2D eigenvalue weighted by atomic mass is 10.1. The number of aryl methyl sites for hydroxylation is 1. The van der Waals surface area contributed by atoms with E-state index >= 15 is 0 Å². The molecule has 1 aromatic heterocycles. The average Bonchev–Trinajstić information content (AvgIpc) is 2.76. The van der Waals surface area contributed by atoms with Gasteiger partial charge in [-0.1, -0.05) is 10.6 Å². The van der Waals surface area contributed by atoms with Crippen LogP contribution in [-0.4, -0.2) is 23.0 Å². The van der Waals surface area contributed by atoms with Crippen LogP contribution in [0, 0.1) is 6.92 Å². The van der Waals surface area contributed by atoms with Crippen LogP contribution in [-0.2, 0) is 0 Å². The third kappa shape index (κ3) is 1.81. The molecule has 82 valence electrons. The number of carbonyl (C=O) groups excluding carboxylic acids is 1. The van der Waals surface area contributed by atoms with Gasteiger partial charge in [-0.3, -0.25) is 4.79 Å². The Morgan fingerprint density at radius 1 is 1.44 bits per heavy atom. The quantitative estimate of drug-likeness (QED) is 0.765. The third-order valence-corrected chi connectivity index (χ3v) is 3.00. The number of nitrogens with zero attached hydrogens (tertiary/aromatic N) is 2. The highest BCUT2D eigenvalue weighted by Crippen LogP contribution is 2.34. The number of benzene rings is 1. The van der Waals surface area contributed by atoms with Crippen LogP contribution in [0.3, 0.4) is 0 Å². The van der Waals surface area contributed by atoms with Crippen molar-refractivity contribution in [3.63, 3.8) is 0 Å². The van der Waals surface area contributed by atoms with Crippen LogP contribution < -0.4 is 4.74 Å². The first-order valence-electron chi connectivity index (χ1n) is 4.69. The maximum Gasteiger partial charge on any atom is 0.171 e. The van der Waals surface area contributed by atoms with Crippen molar-refractivity contribution in [1.82, 2.24) is 9.59 Å². The Balaban J connectivity index is 2.59. The fourth-order valence-electron chi connectivity index (χ4n) is 1.45. The summed E-state index contributed by atoms with van der Waals surface area (Å²) >= 11 is 1.19. The molecule has 0 aliphatic heterocycles. The zero-order chi connectivity index (χ0) is 11.5. The minimum Gasteiger partial charge on any atom is -0.496 e. The summed E-state index contributed by atoms with van der Waals surface area (Å²) in [6, 6.07) is 5.80. The summed E-state index contributed by atoms with van der Waals surface area (Å²) in [5.41, 5.74) is 2.31. The Bertz CT molecular complexity index is 522. The van der Waals surface area contributed by atoms with E-state index in [1.54, 1.807) is 7.11 Å². The van der Waals surface area contributed by atoms with E-state index in [1.807, 2.05) is 25.1 Å². The largest absolute Gasteiger partial charge is 0.496 e. The van der Waals surface area contributed by atoms with Crippen molar-refractivity contribution in [3.05, 3.63) is 29.5 Å². The molecular formula is C11H10N2O2S. The zero-order valence-electron chi connectivity index (χ0n) is 8.93. The summed E-state index contributed by atoms with van der Waals surface area (Å²) < 4.78 is 9.06. The van der Waals surface area contributed by atoms with Gasteiger partial charge < -0.3 is 4.74 Å². The highest BCUT2D eigenvalue weighted by atomic mass is 32.1. The summed E-state index contributed by atoms with van der Waals surface area (Å²) in [7, 11) is 1.60. The van der Waals surface area contributed by atoms with Crippen molar-refractivity contribution < 1.29 is 9.53 Å². The molecule has 0 unspecified atom stereocenters. The first-order chi connectivity index (χ1) is 7.76. The van der Waals surface area contributed by atoms with Crippen molar-refractivity contribution in [1.29, 1.82) is 0 Å². The highest BCUT2D eigenvalue weighted by molar-refractivity contribution is 7.09. The van der Waals surface area contributed by atoms with Gasteiger partial charge in [0.25, 0.3) is 0 Å². The van der Waals surface area contributed by atoms with E-state index in [1.165, 1.54) is 11.5 Å². The van der Waals surface area contributed by atoms with Gasteiger partial charge in [0.1, 0.15) is 11.4 Å². The maximum absolute atomic E-state index is 10.8. The second-order valence-electron chi connectivity index (χ2n) is 3.31. The van der Waals surface area contributed by atoms with Crippen LogP contribution in [0.5, 0.6) is 5.75 Å². The van der Waals surface area contributed by atoms with E-state index in [0.717, 1.165) is 21.8 Å². The highest BCUT2D eigenvalue weighted by Gasteiger charge is 2.13. The molecule has 0 spiro atoms. The number of methoxy groups -OCH3 is 1. The Morgan fingerprint density at radius 2 is 2.25 bits per heavy atom. The van der Waals surface area contributed by atoms with E-state index in [-0.39, 0.29) is 0 Å². The van der Waals surface area contributed by atoms with Gasteiger partial charge in [-0.25, -0.2) is 0 Å². The summed E-state index contributed by atoms with van der Waals surface area (Å²) in [5, 5.41) is 3.75. The predicted molar refractivity (Wildman–Crippen MR) is 62.0 cm³/mol. The van der Waals surface area contributed by atoms with Crippen LogP contribution >= 0.6 is 11.5 Å². The van der Waals surface area contributed by atoms with Gasteiger partial charge in [0.05, 0.1) is 12.0 Å². The zero-order valence-corrected chi connectivity index (χ0v) is 9.75. The topological polar surface area (TPSA) is 52.1 Å². The molecule has 0 bridgehead atoms. The Hall–Kier alpha value is -1.75. The van der Waals surface area contributed by atoms with E-state index in [4.69, 9.17) is 4.74 Å². The third-order valence-electron chi connectivity index (χ3n) is 2.23. The number of ether oxygens (including phenoxy) is 1. The van der Waals surface area contributed by atoms with Crippen molar-refractivity contribution in [2.75, 3.05) is 7.11 Å². The minimum atomic E-state index is 0.354. The van der Waals surface area contributed by atoms with E-state index < -0.39 is 0 Å². The Morgan fingerprint density at radius 3 is 2.94 bits per heavy atom. The Kier molecular flexibility index (Phi) is 2.96. The molecule has 0 aliphatic carbocycles. The van der Waals surface area contributed by atoms with Gasteiger partial charge in [0.2, 0.25) is 0 Å². The number of carbonyl (C=O) groups is 1. The lowest BCUT2D eigenvalue weighted by Gasteiger charge is -2.07. The number of hydrogen-bond donors (Lipinski definition) is 0. The molecule has 2 rings (SSSR count). The summed E-state index contributed by atoms with van der Waals surface area (Å²) in [6.07, 6.45) is 0.706. The average molecular weight is 234 g/mol. The second kappa shape index (κ2) is 4.40. The fraction of sp³-hybridized carbons (Fsp3) is 0.182. The van der Waals surface area contributed by atoms with Crippen molar-refractivity contribution in [2.45, 2.75) is 6.92 Å². The maximum atomic E-state index is 10.8. The molecule has 5 heteroatoms. The Labute approximate surface area is 97.0 Å². The molecule has 0 N–H and O–H groups in total. The molecule has 0 aliphatic rings. The van der Waals surface area contributed by atoms with Gasteiger partial charge in [-0.2, -0.15) is 0 Å². The van der Waals surface area contributed by atoms with Crippen LogP contribution in [0.2, 0.25) is 0 Å². The molecule has 0 fully saturated rings. The number of hydrogen-bond acceptors (Lipinski definition) is 5. The number of aldehydes is 1. The molecule has 0 saturated heterocycles. The van der Waals surface area contributed by atoms with E-state index in [2.05, 4.69) is 9.59 Å². The van der Waals surface area contributed by atoms with Gasteiger partial charge >= 0.3 is 0 Å². The van der Waals surface area contributed by atoms with Crippen LogP contribution in [0.4, 0.5) is 0 Å². The lowest BCUT2D eigenvalue weighted by Crippen LogP contribution is -1.90. The first-order valence-corrected chi connectivity index (χ1v) is 5.46. The molecule has 4 nitrogen and oxygen atoms in total. The summed E-state index contributed by atoms with van der Waals surface area (Å²) in [5.74, 6) is 0.731. The smallest absolute Gasteiger partial charge is 0.171 e. The number of aromatic nitrogens is 2. The van der Waals surface area contributed by atoms with Gasteiger partial charge in [0, 0.05) is 5.56 Å². The fourth-order valence-corrected chi connectivity index (χ4v) is 2.11. The molecule has 1 aromatic carbocycles. The predicted octanol–water partition coefficient (Wildman–Crippen LogP) is 2.33.